The maximum atomic E-state index is 9.20. The number of nitrogens with two attached hydrogens (primary N) is 1. The van der Waals surface area contributed by atoms with E-state index in [0.717, 1.165) is 19.4 Å². The first-order valence-electron chi connectivity index (χ1n) is 5.95. The first kappa shape index (κ1) is 13.4. The Morgan fingerprint density at radius 1 is 1.47 bits per heavy atom. The largest absolute Gasteiger partial charge is 0.382 e. The number of hydrogen-bond donors (Lipinski definition) is 2. The molecule has 2 aromatic heterocycles. The summed E-state index contributed by atoms with van der Waals surface area (Å²) < 4.78 is 1.40. The molecule has 0 aliphatic carbocycles. The summed E-state index contributed by atoms with van der Waals surface area (Å²) in [6.45, 7) is 2.85. The van der Waals surface area contributed by atoms with Gasteiger partial charge in [-0.1, -0.05) is 25.1 Å². The van der Waals surface area contributed by atoms with Crippen molar-refractivity contribution in [2.45, 2.75) is 24.9 Å². The van der Waals surface area contributed by atoms with Gasteiger partial charge in [0.05, 0.1) is 0 Å². The van der Waals surface area contributed by atoms with Crippen LogP contribution in [0.5, 0.6) is 0 Å². The van der Waals surface area contributed by atoms with Gasteiger partial charge in [0.2, 0.25) is 5.16 Å². The number of nitrogen functional groups attached to an aromatic ring is 1. The molecule has 0 unspecified atom stereocenters. The Morgan fingerprint density at radius 2 is 2.26 bits per heavy atom. The van der Waals surface area contributed by atoms with Crippen LogP contribution in [-0.2, 0) is 0 Å². The van der Waals surface area contributed by atoms with Gasteiger partial charge in [0, 0.05) is 6.54 Å². The molecule has 0 aliphatic heterocycles. The monoisotopic (exact) mass is 277 g/mol. The molecule has 0 amide bonds. The van der Waals surface area contributed by atoms with Gasteiger partial charge in [0.1, 0.15) is 11.6 Å². The summed E-state index contributed by atoms with van der Waals surface area (Å²) in [6, 6.07) is 2.06. The van der Waals surface area contributed by atoms with Crippen molar-refractivity contribution in [2.24, 2.45) is 0 Å². The lowest BCUT2D eigenvalue weighted by Crippen LogP contribution is -2.11. The third kappa shape index (κ3) is 2.56. The molecule has 0 saturated heterocycles. The standard InChI is InChI=1S/C11H15N7S/c1-3-4-5-14-9-7(6-12)8(13)18-10(15-9)16-11(17-18)19-2/h3-5,13H2,1-2H3,(H,14,15,16,17). The van der Waals surface area contributed by atoms with E-state index in [0.29, 0.717) is 22.3 Å². The van der Waals surface area contributed by atoms with Crippen LogP contribution < -0.4 is 11.1 Å². The number of hydrogen-bond acceptors (Lipinski definition) is 7. The van der Waals surface area contributed by atoms with E-state index in [9.17, 15) is 5.26 Å². The summed E-state index contributed by atoms with van der Waals surface area (Å²) in [5, 5.41) is 17.1. The van der Waals surface area contributed by atoms with Crippen LogP contribution in [0.15, 0.2) is 5.16 Å². The molecular formula is C11H15N7S. The Balaban J connectivity index is 2.48. The Kier molecular flexibility index (Phi) is 4.06. The van der Waals surface area contributed by atoms with Gasteiger partial charge in [0.15, 0.2) is 11.6 Å². The highest BCUT2D eigenvalue weighted by Crippen LogP contribution is 2.21. The van der Waals surface area contributed by atoms with E-state index in [1.165, 1.54) is 16.3 Å². The topological polar surface area (TPSA) is 105 Å². The number of unbranched alkanes of at least 4 members (excludes halogenated alkanes) is 1. The molecule has 0 bridgehead atoms. The number of nitrogens with zero attached hydrogens (tertiary/aromatic N) is 5. The first-order chi connectivity index (χ1) is 9.21. The van der Waals surface area contributed by atoms with Crippen molar-refractivity contribution in [1.29, 1.82) is 5.26 Å². The molecule has 2 rings (SSSR count). The fourth-order valence-corrected chi connectivity index (χ4v) is 1.95. The summed E-state index contributed by atoms with van der Waals surface area (Å²) in [5.74, 6) is 1.14. The lowest BCUT2D eigenvalue weighted by atomic mass is 10.3. The number of thioether (sulfide) groups is 1. The zero-order valence-corrected chi connectivity index (χ0v) is 11.7. The van der Waals surface area contributed by atoms with E-state index in [4.69, 9.17) is 5.73 Å². The average Bonchev–Trinajstić information content (AvgIpc) is 2.83. The van der Waals surface area contributed by atoms with E-state index in [1.807, 2.05) is 6.26 Å². The van der Waals surface area contributed by atoms with Crippen LogP contribution in [0.3, 0.4) is 0 Å². The van der Waals surface area contributed by atoms with E-state index in [2.05, 4.69) is 33.4 Å². The minimum atomic E-state index is 0.263. The third-order valence-corrected chi connectivity index (χ3v) is 3.16. The fourth-order valence-electron chi connectivity index (χ4n) is 1.61. The van der Waals surface area contributed by atoms with Gasteiger partial charge in [-0.2, -0.15) is 19.7 Å². The molecular weight excluding hydrogens is 262 g/mol. The second-order valence-corrected chi connectivity index (χ2v) is 4.70. The molecule has 19 heavy (non-hydrogen) atoms. The molecule has 0 aliphatic rings. The predicted molar refractivity (Wildman–Crippen MR) is 75.1 cm³/mol. The Labute approximate surface area is 115 Å². The second-order valence-electron chi connectivity index (χ2n) is 3.92. The lowest BCUT2D eigenvalue weighted by molar-refractivity contribution is 0.828. The average molecular weight is 277 g/mol. The lowest BCUT2D eigenvalue weighted by Gasteiger charge is -2.08. The summed E-state index contributed by atoms with van der Waals surface area (Å²) in [5.41, 5.74) is 6.26. The van der Waals surface area contributed by atoms with Crippen LogP contribution >= 0.6 is 11.8 Å². The van der Waals surface area contributed by atoms with E-state index in [-0.39, 0.29) is 5.82 Å². The number of fused-ring (bicyclic) bond motifs is 1. The van der Waals surface area contributed by atoms with Crippen LogP contribution in [0.1, 0.15) is 25.3 Å². The summed E-state index contributed by atoms with van der Waals surface area (Å²) >= 11 is 1.40. The van der Waals surface area contributed by atoms with Crippen LogP contribution in [0.4, 0.5) is 11.6 Å². The molecule has 2 heterocycles. The number of aromatic nitrogens is 4. The SMILES string of the molecule is CCCCNc1nc2nc(SC)nn2c(N)c1C#N. The second kappa shape index (κ2) is 5.75. The minimum Gasteiger partial charge on any atom is -0.382 e. The van der Waals surface area contributed by atoms with Gasteiger partial charge in [-0.3, -0.25) is 0 Å². The molecule has 0 atom stereocenters. The molecule has 0 radical (unpaired) electrons. The quantitative estimate of drug-likeness (QED) is 0.630. The molecule has 3 N–H and O–H groups in total. The Bertz CT molecular complexity index is 628. The van der Waals surface area contributed by atoms with Crippen molar-refractivity contribution >= 4 is 29.2 Å². The zero-order chi connectivity index (χ0) is 13.8. The van der Waals surface area contributed by atoms with Crippen molar-refractivity contribution in [1.82, 2.24) is 19.6 Å². The van der Waals surface area contributed by atoms with Crippen molar-refractivity contribution in [2.75, 3.05) is 23.9 Å². The smallest absolute Gasteiger partial charge is 0.257 e. The van der Waals surface area contributed by atoms with Crippen molar-refractivity contribution < 1.29 is 0 Å². The van der Waals surface area contributed by atoms with Gasteiger partial charge >= 0.3 is 0 Å². The summed E-state index contributed by atoms with van der Waals surface area (Å²) in [7, 11) is 0. The zero-order valence-electron chi connectivity index (χ0n) is 10.8. The molecule has 100 valence electrons. The summed E-state index contributed by atoms with van der Waals surface area (Å²) in [6.07, 6.45) is 3.94. The van der Waals surface area contributed by atoms with Gasteiger partial charge in [-0.25, -0.2) is 0 Å². The third-order valence-electron chi connectivity index (χ3n) is 2.62. The molecule has 0 spiro atoms. The number of rotatable bonds is 5. The van der Waals surface area contributed by atoms with E-state index in [1.54, 1.807) is 0 Å². The van der Waals surface area contributed by atoms with Crippen LogP contribution in [-0.4, -0.2) is 32.4 Å². The Morgan fingerprint density at radius 3 is 2.89 bits per heavy atom. The summed E-state index contributed by atoms with van der Waals surface area (Å²) in [4.78, 5) is 8.54. The number of nitrogens with one attached hydrogen (secondary N) is 1. The van der Waals surface area contributed by atoms with Crippen LogP contribution in [0.2, 0.25) is 0 Å². The molecule has 2 aromatic rings. The first-order valence-corrected chi connectivity index (χ1v) is 7.18. The number of anilines is 2. The maximum Gasteiger partial charge on any atom is 0.257 e. The van der Waals surface area contributed by atoms with Crippen molar-refractivity contribution in [3.05, 3.63) is 5.56 Å². The van der Waals surface area contributed by atoms with Crippen LogP contribution in [0.25, 0.3) is 5.78 Å². The van der Waals surface area contributed by atoms with Gasteiger partial charge in [-0.05, 0) is 12.7 Å². The van der Waals surface area contributed by atoms with E-state index < -0.39 is 0 Å². The normalized spacial score (nSPS) is 10.6. The van der Waals surface area contributed by atoms with Gasteiger partial charge < -0.3 is 11.1 Å². The van der Waals surface area contributed by atoms with Gasteiger partial charge in [0.25, 0.3) is 5.78 Å². The predicted octanol–water partition coefficient (Wildman–Crippen LogP) is 1.51. The molecule has 0 aromatic carbocycles. The molecule has 7 nitrogen and oxygen atoms in total. The van der Waals surface area contributed by atoms with Crippen molar-refractivity contribution in [3.63, 3.8) is 0 Å². The molecule has 8 heteroatoms. The van der Waals surface area contributed by atoms with E-state index >= 15 is 0 Å². The fraction of sp³-hybridized carbons (Fsp3) is 0.455. The highest BCUT2D eigenvalue weighted by molar-refractivity contribution is 7.98. The Hall–Kier alpha value is -2.01. The maximum absolute atomic E-state index is 9.20. The highest BCUT2D eigenvalue weighted by atomic mass is 32.2. The number of nitriles is 1. The van der Waals surface area contributed by atoms with Crippen molar-refractivity contribution in [3.8, 4) is 6.07 Å². The molecule has 0 saturated carbocycles. The minimum absolute atomic E-state index is 0.263. The molecule has 0 fully saturated rings. The van der Waals surface area contributed by atoms with Gasteiger partial charge in [-0.15, -0.1) is 5.10 Å². The highest BCUT2D eigenvalue weighted by Gasteiger charge is 2.15. The van der Waals surface area contributed by atoms with Crippen LogP contribution in [0, 0.1) is 11.3 Å².